The Labute approximate surface area is 149 Å². The summed E-state index contributed by atoms with van der Waals surface area (Å²) in [6, 6.07) is 0. The molecule has 1 aromatic rings. The lowest BCUT2D eigenvalue weighted by atomic mass is 9.96. The number of piperidine rings is 1. The van der Waals surface area contributed by atoms with Gasteiger partial charge < -0.3 is 9.47 Å². The summed E-state index contributed by atoms with van der Waals surface area (Å²) in [5, 5.41) is 9.03. The quantitative estimate of drug-likeness (QED) is 0.784. The Bertz CT molecular complexity index is 547. The molecule has 0 bridgehead atoms. The van der Waals surface area contributed by atoms with Gasteiger partial charge in [-0.25, -0.2) is 0 Å². The number of rotatable bonds is 6. The number of hydrogen-bond acceptors (Lipinski definition) is 5. The first-order valence-electron chi connectivity index (χ1n) is 9.14. The van der Waals surface area contributed by atoms with E-state index in [2.05, 4.69) is 26.6 Å². The number of likely N-dealkylation sites (tertiary alicyclic amines) is 2. The smallest absolute Gasteiger partial charge is 0.232 e. The van der Waals surface area contributed by atoms with Gasteiger partial charge in [0, 0.05) is 25.6 Å². The molecule has 0 saturated carbocycles. The lowest BCUT2D eigenvalue weighted by molar-refractivity contribution is -0.129. The molecule has 3 rings (SSSR count). The van der Waals surface area contributed by atoms with Gasteiger partial charge in [-0.3, -0.25) is 9.69 Å². The summed E-state index contributed by atoms with van der Waals surface area (Å²) in [6.07, 6.45) is 6.59. The summed E-state index contributed by atoms with van der Waals surface area (Å²) < 4.78 is 2.31. The van der Waals surface area contributed by atoms with Gasteiger partial charge in [-0.15, -0.1) is 10.2 Å². The van der Waals surface area contributed by atoms with Crippen LogP contribution >= 0.6 is 11.8 Å². The Balaban J connectivity index is 1.63. The average molecular weight is 352 g/mol. The lowest BCUT2D eigenvalue weighted by Gasteiger charge is -2.31. The van der Waals surface area contributed by atoms with Crippen molar-refractivity contribution in [2.75, 3.05) is 38.2 Å². The molecule has 2 aliphatic rings. The van der Waals surface area contributed by atoms with E-state index in [1.54, 1.807) is 11.8 Å². The molecule has 2 aliphatic heterocycles. The molecule has 24 heavy (non-hydrogen) atoms. The number of thioether (sulfide) groups is 1. The summed E-state index contributed by atoms with van der Waals surface area (Å²) in [5.74, 6) is 3.53. The Morgan fingerprint density at radius 3 is 2.50 bits per heavy atom. The number of nitrogens with zero attached hydrogens (tertiary/aromatic N) is 5. The first-order valence-corrected chi connectivity index (χ1v) is 10.5. The van der Waals surface area contributed by atoms with Crippen LogP contribution in [0.3, 0.4) is 0 Å². The highest BCUT2D eigenvalue weighted by molar-refractivity contribution is 7.99. The van der Waals surface area contributed by atoms with Crippen molar-refractivity contribution in [2.45, 2.75) is 51.6 Å². The molecule has 1 aromatic heterocycles. The molecule has 0 spiro atoms. The highest BCUT2D eigenvalue weighted by atomic mass is 32.2. The van der Waals surface area contributed by atoms with Gasteiger partial charge in [0.1, 0.15) is 11.6 Å². The van der Waals surface area contributed by atoms with E-state index in [0.717, 1.165) is 50.7 Å². The molecule has 0 radical (unpaired) electrons. The lowest BCUT2D eigenvalue weighted by Crippen LogP contribution is -2.39. The molecule has 0 unspecified atom stereocenters. The van der Waals surface area contributed by atoms with Crippen LogP contribution in [0.5, 0.6) is 0 Å². The number of carbonyl (C=O) groups excluding carboxylic acids is 1. The van der Waals surface area contributed by atoms with Gasteiger partial charge in [0.15, 0.2) is 0 Å². The second-order valence-electron chi connectivity index (χ2n) is 6.79. The van der Waals surface area contributed by atoms with Crippen LogP contribution in [0, 0.1) is 0 Å². The first-order chi connectivity index (χ1) is 11.7. The third-order valence-electron chi connectivity index (χ3n) is 5.22. The molecule has 2 saturated heterocycles. The van der Waals surface area contributed by atoms with Crippen molar-refractivity contribution in [1.29, 1.82) is 0 Å². The molecule has 6 nitrogen and oxygen atoms in total. The Morgan fingerprint density at radius 2 is 1.88 bits per heavy atom. The van der Waals surface area contributed by atoms with E-state index in [-0.39, 0.29) is 5.91 Å². The minimum Gasteiger partial charge on any atom is -0.342 e. The largest absolute Gasteiger partial charge is 0.342 e. The van der Waals surface area contributed by atoms with E-state index >= 15 is 0 Å². The second kappa shape index (κ2) is 8.34. The van der Waals surface area contributed by atoms with E-state index in [4.69, 9.17) is 0 Å². The van der Waals surface area contributed by atoms with E-state index in [9.17, 15) is 4.79 Å². The van der Waals surface area contributed by atoms with Gasteiger partial charge in [-0.2, -0.15) is 11.8 Å². The minimum absolute atomic E-state index is 0.271. The van der Waals surface area contributed by atoms with Crippen molar-refractivity contribution in [2.24, 2.45) is 0 Å². The van der Waals surface area contributed by atoms with Crippen molar-refractivity contribution in [1.82, 2.24) is 24.6 Å². The third kappa shape index (κ3) is 3.94. The third-order valence-corrected chi connectivity index (χ3v) is 5.75. The predicted octanol–water partition coefficient (Wildman–Crippen LogP) is 1.96. The highest BCUT2D eigenvalue weighted by Crippen LogP contribution is 2.28. The molecular weight excluding hydrogens is 322 g/mol. The summed E-state index contributed by atoms with van der Waals surface area (Å²) in [6.45, 7) is 8.09. The Hall–Kier alpha value is -1.08. The Kier molecular flexibility index (Phi) is 6.16. The number of amides is 1. The first kappa shape index (κ1) is 17.7. The zero-order chi connectivity index (χ0) is 16.9. The van der Waals surface area contributed by atoms with Crippen molar-refractivity contribution < 1.29 is 4.79 Å². The molecule has 134 valence electrons. The number of aromatic nitrogens is 3. The van der Waals surface area contributed by atoms with Crippen LogP contribution in [0.15, 0.2) is 0 Å². The zero-order valence-corrected chi connectivity index (χ0v) is 15.7. The molecule has 0 N–H and O–H groups in total. The van der Waals surface area contributed by atoms with Crippen LogP contribution in [0.25, 0.3) is 0 Å². The van der Waals surface area contributed by atoms with Crippen LogP contribution in [-0.4, -0.2) is 68.7 Å². The van der Waals surface area contributed by atoms with Gasteiger partial charge in [0.2, 0.25) is 5.91 Å². The summed E-state index contributed by atoms with van der Waals surface area (Å²) >= 11 is 1.60. The molecule has 7 heteroatoms. The monoisotopic (exact) mass is 351 g/mol. The van der Waals surface area contributed by atoms with Crippen LogP contribution in [-0.2, 0) is 17.9 Å². The standard InChI is InChI=1S/C17H29N5OS/c1-3-22-15(12-20-8-4-5-9-20)18-19-17(22)14-6-10-21(11-7-14)16(23)13-24-2/h14H,3-13H2,1-2H3. The van der Waals surface area contributed by atoms with E-state index in [1.807, 2.05) is 11.2 Å². The molecule has 0 aromatic carbocycles. The normalized spacial score (nSPS) is 20.0. The van der Waals surface area contributed by atoms with Gasteiger partial charge in [-0.05, 0) is 52.0 Å². The van der Waals surface area contributed by atoms with Crippen molar-refractivity contribution in [3.8, 4) is 0 Å². The summed E-state index contributed by atoms with van der Waals surface area (Å²) in [5.41, 5.74) is 0. The van der Waals surface area contributed by atoms with Crippen LogP contribution in [0.1, 0.15) is 50.2 Å². The predicted molar refractivity (Wildman–Crippen MR) is 97.1 cm³/mol. The SMILES string of the molecule is CCn1c(CN2CCCC2)nnc1C1CCN(C(=O)CSC)CC1. The van der Waals surface area contributed by atoms with Crippen molar-refractivity contribution >= 4 is 17.7 Å². The van der Waals surface area contributed by atoms with Crippen molar-refractivity contribution in [3.05, 3.63) is 11.6 Å². The fraction of sp³-hybridized carbons (Fsp3) is 0.824. The second-order valence-corrected chi connectivity index (χ2v) is 7.66. The average Bonchev–Trinajstić information content (AvgIpc) is 3.25. The maximum atomic E-state index is 12.0. The minimum atomic E-state index is 0.271. The molecular formula is C17H29N5OS. The Morgan fingerprint density at radius 1 is 1.17 bits per heavy atom. The van der Waals surface area contributed by atoms with Crippen LogP contribution in [0.4, 0.5) is 0 Å². The molecule has 0 aliphatic carbocycles. The number of hydrogen-bond donors (Lipinski definition) is 0. The maximum Gasteiger partial charge on any atom is 0.232 e. The van der Waals surface area contributed by atoms with Gasteiger partial charge in [0.05, 0.1) is 12.3 Å². The van der Waals surface area contributed by atoms with Gasteiger partial charge >= 0.3 is 0 Å². The van der Waals surface area contributed by atoms with Crippen LogP contribution in [0.2, 0.25) is 0 Å². The van der Waals surface area contributed by atoms with Crippen LogP contribution < -0.4 is 0 Å². The number of carbonyl (C=O) groups is 1. The summed E-state index contributed by atoms with van der Waals surface area (Å²) in [4.78, 5) is 16.5. The van der Waals surface area contributed by atoms with E-state index in [0.29, 0.717) is 11.7 Å². The fourth-order valence-corrected chi connectivity index (χ4v) is 4.28. The summed E-state index contributed by atoms with van der Waals surface area (Å²) in [7, 11) is 0. The van der Waals surface area contributed by atoms with E-state index < -0.39 is 0 Å². The maximum absolute atomic E-state index is 12.0. The molecule has 2 fully saturated rings. The highest BCUT2D eigenvalue weighted by Gasteiger charge is 2.28. The van der Waals surface area contributed by atoms with E-state index in [1.165, 1.54) is 25.9 Å². The van der Waals surface area contributed by atoms with Gasteiger partial charge in [0.25, 0.3) is 0 Å². The zero-order valence-electron chi connectivity index (χ0n) is 14.9. The van der Waals surface area contributed by atoms with Gasteiger partial charge in [-0.1, -0.05) is 0 Å². The fourth-order valence-electron chi connectivity index (χ4n) is 3.86. The molecule has 0 atom stereocenters. The molecule has 3 heterocycles. The molecule has 1 amide bonds. The van der Waals surface area contributed by atoms with Crippen molar-refractivity contribution in [3.63, 3.8) is 0 Å². The topological polar surface area (TPSA) is 54.3 Å².